The Labute approximate surface area is 218 Å². The topological polar surface area (TPSA) is 131 Å². The highest BCUT2D eigenvalue weighted by Gasteiger charge is 2.78. The van der Waals surface area contributed by atoms with Crippen molar-refractivity contribution >= 4 is 39.5 Å². The summed E-state index contributed by atoms with van der Waals surface area (Å²) in [4.78, 5) is 21.1. The summed E-state index contributed by atoms with van der Waals surface area (Å²) in [7, 11) is 0. The number of pyridine rings is 2. The maximum Gasteiger partial charge on any atom is 0.415 e. The molecule has 0 amide bonds. The minimum absolute atomic E-state index is 0.0194. The lowest BCUT2D eigenvalue weighted by molar-refractivity contribution is -0.208. The van der Waals surface area contributed by atoms with Crippen LogP contribution in [0.2, 0.25) is 0 Å². The van der Waals surface area contributed by atoms with Gasteiger partial charge < -0.3 is 20.9 Å². The van der Waals surface area contributed by atoms with Crippen LogP contribution in [0.15, 0.2) is 35.7 Å². The number of aromatic nitrogens is 4. The fourth-order valence-corrected chi connectivity index (χ4v) is 6.97. The lowest BCUT2D eigenvalue weighted by atomic mass is 9.85. The standard InChI is InChI=1S/C24H21F4N7O2S/c1-4-7-37-15-10-31-16-14(34-15)5-6-30-19(16)33-12-8-13(18(25)32-9-12)22(3)17-11(2)23(17,38-21(29)35-22)20(36)24(26,27)28/h1,5-6,8-11,17,20,36H,7H2,2-3H3,(H2,29,35)(H,30,33)/t11-,17-,20-,22+,23-/m0/s1. The molecule has 1 fully saturated rings. The summed E-state index contributed by atoms with van der Waals surface area (Å²) in [6.07, 6.45) is 1.70. The molecule has 14 heteroatoms. The van der Waals surface area contributed by atoms with E-state index in [4.69, 9.17) is 16.9 Å². The van der Waals surface area contributed by atoms with Crippen molar-refractivity contribution in [3.05, 3.63) is 42.2 Å². The van der Waals surface area contributed by atoms with Gasteiger partial charge in [-0.15, -0.1) is 6.42 Å². The van der Waals surface area contributed by atoms with E-state index in [1.165, 1.54) is 31.6 Å². The van der Waals surface area contributed by atoms with E-state index in [2.05, 4.69) is 36.2 Å². The number of anilines is 2. The Morgan fingerprint density at radius 1 is 1.32 bits per heavy atom. The molecule has 5 atom stereocenters. The van der Waals surface area contributed by atoms with Crippen molar-refractivity contribution in [1.29, 1.82) is 0 Å². The Kier molecular flexibility index (Phi) is 6.11. The summed E-state index contributed by atoms with van der Waals surface area (Å²) >= 11 is 0.676. The smallest absolute Gasteiger partial charge is 0.415 e. The number of nitrogens with zero attached hydrogens (tertiary/aromatic N) is 5. The number of terminal acetylenes is 1. The quantitative estimate of drug-likeness (QED) is 0.241. The molecule has 1 aliphatic carbocycles. The van der Waals surface area contributed by atoms with Crippen molar-refractivity contribution in [1.82, 2.24) is 19.9 Å². The van der Waals surface area contributed by atoms with Crippen LogP contribution < -0.4 is 15.8 Å². The monoisotopic (exact) mass is 547 g/mol. The van der Waals surface area contributed by atoms with Crippen LogP contribution in [-0.4, -0.2) is 53.8 Å². The fraction of sp³-hybridized carbons (Fsp3) is 0.375. The molecule has 4 N–H and O–H groups in total. The molecule has 4 heterocycles. The maximum absolute atomic E-state index is 15.1. The van der Waals surface area contributed by atoms with E-state index in [9.17, 15) is 18.3 Å². The Hall–Kier alpha value is -3.70. The molecule has 38 heavy (non-hydrogen) atoms. The first-order valence-corrected chi connectivity index (χ1v) is 12.1. The Morgan fingerprint density at radius 3 is 2.79 bits per heavy atom. The Morgan fingerprint density at radius 2 is 2.08 bits per heavy atom. The van der Waals surface area contributed by atoms with E-state index in [-0.39, 0.29) is 34.7 Å². The van der Waals surface area contributed by atoms with Gasteiger partial charge in [0.15, 0.2) is 23.7 Å². The van der Waals surface area contributed by atoms with Gasteiger partial charge in [-0.2, -0.15) is 17.6 Å². The van der Waals surface area contributed by atoms with Crippen molar-refractivity contribution in [2.24, 2.45) is 22.6 Å². The molecule has 0 unspecified atom stereocenters. The first-order chi connectivity index (χ1) is 17.9. The summed E-state index contributed by atoms with van der Waals surface area (Å²) < 4.78 is 59.5. The van der Waals surface area contributed by atoms with Gasteiger partial charge >= 0.3 is 6.18 Å². The maximum atomic E-state index is 15.1. The molecule has 2 aliphatic rings. The first-order valence-electron chi connectivity index (χ1n) is 11.3. The van der Waals surface area contributed by atoms with Gasteiger partial charge in [-0.1, -0.05) is 24.6 Å². The molecule has 5 rings (SSSR count). The second-order valence-electron chi connectivity index (χ2n) is 9.18. The van der Waals surface area contributed by atoms with Gasteiger partial charge in [-0.3, -0.25) is 4.99 Å². The SMILES string of the molecule is C#CCOc1cnc2c(Nc3cnc(F)c([C@@]4(C)N=C(N)S[C@]5([C@H](O)C(F)(F)F)[C@H]4[C@@H]5C)c3)nccc2n1. The third-order valence-electron chi connectivity index (χ3n) is 6.94. The minimum atomic E-state index is -4.89. The van der Waals surface area contributed by atoms with Gasteiger partial charge in [0.25, 0.3) is 0 Å². The highest BCUT2D eigenvalue weighted by molar-refractivity contribution is 8.15. The van der Waals surface area contributed by atoms with E-state index in [0.717, 1.165) is 0 Å². The van der Waals surface area contributed by atoms with Crippen molar-refractivity contribution < 1.29 is 27.4 Å². The molecule has 9 nitrogen and oxygen atoms in total. The molecule has 3 aromatic rings. The van der Waals surface area contributed by atoms with Gasteiger partial charge in [0.05, 0.1) is 33.9 Å². The number of halogens is 4. The molecular formula is C24H21F4N7O2S. The molecule has 1 saturated carbocycles. The van der Waals surface area contributed by atoms with E-state index in [0.29, 0.717) is 22.8 Å². The second kappa shape index (κ2) is 8.95. The number of aliphatic hydroxyl groups is 1. The highest BCUT2D eigenvalue weighted by atomic mass is 32.2. The molecule has 3 aromatic heterocycles. The number of hydrogen-bond donors (Lipinski definition) is 3. The zero-order chi connectivity index (χ0) is 27.5. The molecule has 198 valence electrons. The van der Waals surface area contributed by atoms with Gasteiger partial charge in [0.1, 0.15) is 5.52 Å². The number of hydrogen-bond acceptors (Lipinski definition) is 10. The zero-order valence-electron chi connectivity index (χ0n) is 20.0. The number of alkyl halides is 3. The molecule has 0 bridgehead atoms. The van der Waals surface area contributed by atoms with Crippen LogP contribution in [0, 0.1) is 30.1 Å². The van der Waals surface area contributed by atoms with Crippen LogP contribution in [-0.2, 0) is 5.54 Å². The molecule has 0 saturated heterocycles. The summed E-state index contributed by atoms with van der Waals surface area (Å²) in [5.74, 6) is 0.375. The molecule has 0 radical (unpaired) electrons. The number of aliphatic imine (C=N–C) groups is 1. The summed E-state index contributed by atoms with van der Waals surface area (Å²) in [5, 5.41) is 13.1. The van der Waals surface area contributed by atoms with Gasteiger partial charge in [-0.25, -0.2) is 19.9 Å². The van der Waals surface area contributed by atoms with Gasteiger partial charge in [0, 0.05) is 17.7 Å². The first kappa shape index (κ1) is 25.9. The Balaban J connectivity index is 1.51. The van der Waals surface area contributed by atoms with Crippen LogP contribution in [0.1, 0.15) is 19.4 Å². The van der Waals surface area contributed by atoms with Crippen molar-refractivity contribution in [3.8, 4) is 18.2 Å². The largest absolute Gasteiger partial charge is 0.463 e. The van der Waals surface area contributed by atoms with Crippen LogP contribution in [0.3, 0.4) is 0 Å². The average Bonchev–Trinajstić information content (AvgIpc) is 3.47. The predicted octanol–water partition coefficient (Wildman–Crippen LogP) is 3.52. The van der Waals surface area contributed by atoms with Crippen LogP contribution in [0.25, 0.3) is 11.0 Å². The van der Waals surface area contributed by atoms with Gasteiger partial charge in [0.2, 0.25) is 11.8 Å². The summed E-state index contributed by atoms with van der Waals surface area (Å²) in [6, 6.07) is 3.01. The van der Waals surface area contributed by atoms with Crippen molar-refractivity contribution in [3.63, 3.8) is 0 Å². The van der Waals surface area contributed by atoms with Crippen LogP contribution >= 0.6 is 11.8 Å². The zero-order valence-corrected chi connectivity index (χ0v) is 20.8. The normalized spacial score (nSPS) is 27.2. The van der Waals surface area contributed by atoms with Crippen molar-refractivity contribution in [2.45, 2.75) is 36.4 Å². The van der Waals surface area contributed by atoms with E-state index >= 15 is 4.39 Å². The molecule has 0 spiro atoms. The van der Waals surface area contributed by atoms with E-state index in [1.54, 1.807) is 13.0 Å². The lowest BCUT2D eigenvalue weighted by Crippen LogP contribution is -2.47. The van der Waals surface area contributed by atoms with E-state index < -0.39 is 40.3 Å². The second-order valence-corrected chi connectivity index (χ2v) is 10.5. The number of amidine groups is 1. The molecule has 1 aliphatic heterocycles. The highest BCUT2D eigenvalue weighted by Crippen LogP contribution is 2.72. The van der Waals surface area contributed by atoms with Crippen LogP contribution in [0.4, 0.5) is 29.1 Å². The lowest BCUT2D eigenvalue weighted by Gasteiger charge is -2.36. The number of ether oxygens (including phenoxy) is 1. The average molecular weight is 548 g/mol. The number of nitrogens with two attached hydrogens (primary N) is 1. The minimum Gasteiger partial charge on any atom is -0.463 e. The molecular weight excluding hydrogens is 526 g/mol. The third kappa shape index (κ3) is 4.06. The van der Waals surface area contributed by atoms with Crippen molar-refractivity contribution in [2.75, 3.05) is 11.9 Å². The number of nitrogens with one attached hydrogen (secondary N) is 1. The Bertz CT molecular complexity index is 1500. The number of aliphatic hydroxyl groups excluding tert-OH is 1. The van der Waals surface area contributed by atoms with E-state index in [1.807, 2.05) is 0 Å². The van der Waals surface area contributed by atoms with Gasteiger partial charge in [-0.05, 0) is 25.0 Å². The summed E-state index contributed by atoms with van der Waals surface area (Å²) in [6.45, 7) is 3.08. The fourth-order valence-electron chi connectivity index (χ4n) is 5.31. The third-order valence-corrected chi connectivity index (χ3v) is 8.45. The summed E-state index contributed by atoms with van der Waals surface area (Å²) in [5.41, 5.74) is 5.44. The predicted molar refractivity (Wildman–Crippen MR) is 133 cm³/mol. The molecule has 0 aromatic carbocycles. The number of thioether (sulfide) groups is 1. The number of rotatable bonds is 6. The number of fused-ring (bicyclic) bond motifs is 2. The van der Waals surface area contributed by atoms with Crippen LogP contribution in [0.5, 0.6) is 5.88 Å².